The molecule has 5 heteroatoms. The Balaban J connectivity index is 2.84. The number of amides is 1. The first-order valence-corrected chi connectivity index (χ1v) is 2.44. The van der Waals surface area contributed by atoms with Crippen LogP contribution in [0.4, 0.5) is 10.2 Å². The van der Waals surface area contributed by atoms with Crippen LogP contribution in [0.2, 0.25) is 0 Å². The van der Waals surface area contributed by atoms with Crippen molar-refractivity contribution in [1.82, 2.24) is 9.97 Å². The minimum absolute atomic E-state index is 0.0995. The molecule has 0 spiro atoms. The van der Waals surface area contributed by atoms with Crippen LogP contribution in [0.1, 0.15) is 0 Å². The van der Waals surface area contributed by atoms with Crippen LogP contribution in [-0.4, -0.2) is 16.4 Å². The van der Waals surface area contributed by atoms with E-state index in [9.17, 15) is 9.18 Å². The highest BCUT2D eigenvalue weighted by atomic mass is 19.1. The fraction of sp³-hybridized carbons (Fsp3) is 0. The van der Waals surface area contributed by atoms with Gasteiger partial charge in [-0.05, 0) is 0 Å². The molecule has 0 aliphatic rings. The zero-order chi connectivity index (χ0) is 7.40. The van der Waals surface area contributed by atoms with Gasteiger partial charge in [0.1, 0.15) is 5.82 Å². The van der Waals surface area contributed by atoms with Crippen LogP contribution < -0.4 is 5.32 Å². The van der Waals surface area contributed by atoms with E-state index in [1.807, 2.05) is 0 Å². The highest BCUT2D eigenvalue weighted by Gasteiger charge is 1.93. The molecule has 51 valence electrons. The van der Waals surface area contributed by atoms with Gasteiger partial charge >= 0.3 is 6.08 Å². The molecule has 1 N–H and O–H groups in total. The molecule has 0 bridgehead atoms. The van der Waals surface area contributed by atoms with Gasteiger partial charge in [-0.25, -0.2) is 4.98 Å². The second kappa shape index (κ2) is 2.86. The molecule has 0 fully saturated rings. The largest absolute Gasteiger partial charge is 0.313 e. The molecule has 1 rings (SSSR count). The summed E-state index contributed by atoms with van der Waals surface area (Å²) >= 11 is 0. The summed E-state index contributed by atoms with van der Waals surface area (Å²) in [6.45, 7) is 0. The third-order valence-electron chi connectivity index (χ3n) is 0.778. The van der Waals surface area contributed by atoms with Crippen molar-refractivity contribution < 1.29 is 9.18 Å². The minimum atomic E-state index is -0.910. The second-order valence-corrected chi connectivity index (χ2v) is 1.41. The summed E-state index contributed by atoms with van der Waals surface area (Å²) in [5.74, 6) is 0.0995. The van der Waals surface area contributed by atoms with Crippen LogP contribution in [0.25, 0.3) is 0 Å². The van der Waals surface area contributed by atoms with Gasteiger partial charge in [-0.3, -0.25) is 4.79 Å². The third-order valence-corrected chi connectivity index (χ3v) is 0.778. The summed E-state index contributed by atoms with van der Waals surface area (Å²) < 4.78 is 12.1. The summed E-state index contributed by atoms with van der Waals surface area (Å²) in [6.07, 6.45) is 1.69. The molecular weight excluding hydrogens is 137 g/mol. The predicted octanol–water partition coefficient (Wildman–Crippen LogP) is -0.0158. The molecule has 0 saturated carbocycles. The molecule has 0 aliphatic heterocycles. The number of nitrogens with one attached hydrogen (secondary N) is 1. The average Bonchev–Trinajstić information content (AvgIpc) is 1.88. The fourth-order valence-corrected chi connectivity index (χ4v) is 0.438. The van der Waals surface area contributed by atoms with Crippen molar-refractivity contribution in [3.05, 3.63) is 18.3 Å². The first-order chi connectivity index (χ1) is 4.83. The molecule has 0 unspecified atom stereocenters. The average molecular weight is 140 g/mol. The summed E-state index contributed by atoms with van der Waals surface area (Å²) in [7, 11) is 0. The third kappa shape index (κ3) is 1.48. The zero-order valence-electron chi connectivity index (χ0n) is 4.84. The van der Waals surface area contributed by atoms with Crippen LogP contribution in [0.3, 0.4) is 0 Å². The molecule has 0 saturated heterocycles. The number of rotatable bonds is 2. The Morgan fingerprint density at radius 1 is 1.80 bits per heavy atom. The fourth-order valence-electron chi connectivity index (χ4n) is 0.438. The molecule has 0 aliphatic carbocycles. The molecule has 1 aromatic heterocycles. The molecule has 1 radical (unpaired) electrons. The van der Waals surface area contributed by atoms with Gasteiger partial charge in [-0.15, -0.1) is 0 Å². The maximum Gasteiger partial charge on any atom is 0.311 e. The van der Waals surface area contributed by atoms with E-state index in [1.54, 1.807) is 0 Å². The van der Waals surface area contributed by atoms with Crippen LogP contribution in [-0.2, 0) is 4.79 Å². The molecule has 4 nitrogen and oxygen atoms in total. The lowest BCUT2D eigenvalue weighted by Crippen LogP contribution is -1.99. The Hall–Kier alpha value is -1.52. The number of hydrogen-bond acceptors (Lipinski definition) is 3. The normalized spacial score (nSPS) is 8.90. The van der Waals surface area contributed by atoms with E-state index in [0.717, 1.165) is 0 Å². The van der Waals surface area contributed by atoms with E-state index in [1.165, 1.54) is 6.07 Å². The Kier molecular flexibility index (Phi) is 1.89. The van der Waals surface area contributed by atoms with Gasteiger partial charge in [-0.2, -0.15) is 9.37 Å². The van der Waals surface area contributed by atoms with Gasteiger partial charge in [0.25, 0.3) is 0 Å². The lowest BCUT2D eigenvalue weighted by atomic mass is 10.6. The van der Waals surface area contributed by atoms with Crippen molar-refractivity contribution in [2.75, 3.05) is 5.32 Å². The molecule has 1 amide bonds. The van der Waals surface area contributed by atoms with E-state index < -0.39 is 6.08 Å². The van der Waals surface area contributed by atoms with Gasteiger partial charge < -0.3 is 5.32 Å². The number of anilines is 1. The van der Waals surface area contributed by atoms with Crippen LogP contribution >= 0.6 is 0 Å². The first-order valence-electron chi connectivity index (χ1n) is 2.44. The van der Waals surface area contributed by atoms with E-state index in [2.05, 4.69) is 21.5 Å². The first kappa shape index (κ1) is 6.60. The van der Waals surface area contributed by atoms with Crippen molar-refractivity contribution in [3.8, 4) is 0 Å². The molecule has 1 heterocycles. The zero-order valence-corrected chi connectivity index (χ0v) is 4.84. The van der Waals surface area contributed by atoms with Crippen LogP contribution in [0, 0.1) is 12.3 Å². The molecule has 0 aromatic carbocycles. The van der Waals surface area contributed by atoms with Crippen molar-refractivity contribution >= 4 is 12.2 Å². The Bertz CT molecular complexity index is 240. The van der Waals surface area contributed by atoms with Crippen molar-refractivity contribution in [2.45, 2.75) is 0 Å². The molecule has 0 atom stereocenters. The number of halogens is 1. The summed E-state index contributed by atoms with van der Waals surface area (Å²) in [5.41, 5.74) is 0. The highest BCUT2D eigenvalue weighted by molar-refractivity contribution is 5.68. The SMILES string of the molecule is O=CNc1c[c]nc(F)n1. The number of aromatic nitrogens is 2. The van der Waals surface area contributed by atoms with E-state index in [4.69, 9.17) is 0 Å². The Morgan fingerprint density at radius 2 is 2.60 bits per heavy atom. The quantitative estimate of drug-likeness (QED) is 0.464. The number of carbonyl (C=O) groups is 1. The number of hydrogen-bond donors (Lipinski definition) is 1. The van der Waals surface area contributed by atoms with Crippen molar-refractivity contribution in [1.29, 1.82) is 0 Å². The Labute approximate surface area is 56.1 Å². The second-order valence-electron chi connectivity index (χ2n) is 1.41. The lowest BCUT2D eigenvalue weighted by Gasteiger charge is -1.92. The van der Waals surface area contributed by atoms with E-state index >= 15 is 0 Å². The standard InChI is InChI=1S/C5H3FN3O/c6-5-7-2-1-4(9-5)8-3-10/h1,3H,(H,7,8,9,10). The molecule has 1 aromatic rings. The van der Waals surface area contributed by atoms with E-state index in [0.29, 0.717) is 6.41 Å². The molecule has 10 heavy (non-hydrogen) atoms. The van der Waals surface area contributed by atoms with Crippen molar-refractivity contribution in [3.63, 3.8) is 0 Å². The monoisotopic (exact) mass is 140 g/mol. The Morgan fingerprint density at radius 3 is 3.20 bits per heavy atom. The number of nitrogens with zero attached hydrogens (tertiary/aromatic N) is 2. The summed E-state index contributed by atoms with van der Waals surface area (Å²) in [4.78, 5) is 16.1. The predicted molar refractivity (Wildman–Crippen MR) is 30.5 cm³/mol. The topological polar surface area (TPSA) is 54.9 Å². The van der Waals surface area contributed by atoms with Gasteiger partial charge in [0, 0.05) is 6.07 Å². The van der Waals surface area contributed by atoms with Crippen molar-refractivity contribution in [2.24, 2.45) is 0 Å². The summed E-state index contributed by atoms with van der Waals surface area (Å²) in [6, 6.07) is 1.26. The van der Waals surface area contributed by atoms with Crippen LogP contribution in [0.5, 0.6) is 0 Å². The summed E-state index contributed by atoms with van der Waals surface area (Å²) in [5, 5.41) is 2.15. The van der Waals surface area contributed by atoms with E-state index in [-0.39, 0.29) is 5.82 Å². The smallest absolute Gasteiger partial charge is 0.311 e. The molecular formula is C5H3FN3O. The lowest BCUT2D eigenvalue weighted by molar-refractivity contribution is -0.105. The van der Waals surface area contributed by atoms with Gasteiger partial charge in [0.2, 0.25) is 6.41 Å². The number of carbonyl (C=O) groups excluding carboxylic acids is 1. The highest BCUT2D eigenvalue weighted by Crippen LogP contribution is 1.97. The minimum Gasteiger partial charge on any atom is -0.313 e. The van der Waals surface area contributed by atoms with Gasteiger partial charge in [0.15, 0.2) is 0 Å². The van der Waals surface area contributed by atoms with Gasteiger partial charge in [-0.1, -0.05) is 0 Å². The maximum absolute atomic E-state index is 12.1. The maximum atomic E-state index is 12.1. The van der Waals surface area contributed by atoms with Crippen LogP contribution in [0.15, 0.2) is 6.07 Å². The van der Waals surface area contributed by atoms with Gasteiger partial charge in [0.05, 0.1) is 6.20 Å².